The fraction of sp³-hybridized carbons (Fsp3) is 0.310. The van der Waals surface area contributed by atoms with E-state index in [9.17, 15) is 9.59 Å². The van der Waals surface area contributed by atoms with Crippen LogP contribution in [0.25, 0.3) is 5.69 Å². The predicted molar refractivity (Wildman–Crippen MR) is 158 cm³/mol. The van der Waals surface area contributed by atoms with Crippen molar-refractivity contribution in [1.29, 1.82) is 0 Å². The zero-order chi connectivity index (χ0) is 27.2. The summed E-state index contributed by atoms with van der Waals surface area (Å²) in [6.07, 6.45) is 3.91. The van der Waals surface area contributed by atoms with Gasteiger partial charge in [0.05, 0.1) is 23.7 Å². The van der Waals surface area contributed by atoms with Gasteiger partial charge in [-0.25, -0.2) is 4.79 Å². The number of esters is 1. The van der Waals surface area contributed by atoms with Crippen LogP contribution in [-0.4, -0.2) is 39.0 Å². The van der Waals surface area contributed by atoms with Crippen molar-refractivity contribution >= 4 is 51.7 Å². The number of fused-ring (bicyclic) bond motifs is 1. The summed E-state index contributed by atoms with van der Waals surface area (Å²) in [5.74, 6) is 1.04. The first-order chi connectivity index (χ1) is 19.0. The first kappa shape index (κ1) is 27.5. The van der Waals surface area contributed by atoms with E-state index >= 15 is 0 Å². The number of hydrogen-bond acceptors (Lipinski definition) is 8. The highest BCUT2D eigenvalue weighted by Crippen LogP contribution is 2.39. The highest BCUT2D eigenvalue weighted by molar-refractivity contribution is 7.99. The van der Waals surface area contributed by atoms with Gasteiger partial charge >= 0.3 is 5.97 Å². The summed E-state index contributed by atoms with van der Waals surface area (Å²) in [6.45, 7) is 4.17. The second-order valence-corrected chi connectivity index (χ2v) is 12.2. The molecule has 39 heavy (non-hydrogen) atoms. The zero-order valence-corrected chi connectivity index (χ0v) is 24.4. The maximum atomic E-state index is 13.1. The Balaban J connectivity index is 1.32. The molecule has 0 radical (unpaired) electrons. The smallest absolute Gasteiger partial charge is 0.341 e. The van der Waals surface area contributed by atoms with E-state index in [0.717, 1.165) is 47.7 Å². The second-order valence-electron chi connectivity index (χ2n) is 9.14. The van der Waals surface area contributed by atoms with Crippen LogP contribution in [0, 0.1) is 6.92 Å². The van der Waals surface area contributed by atoms with Crippen molar-refractivity contribution < 1.29 is 14.3 Å². The number of carbonyl (C=O) groups excluding carboxylic acids is 2. The molecule has 1 amide bonds. The maximum Gasteiger partial charge on any atom is 0.341 e. The van der Waals surface area contributed by atoms with E-state index < -0.39 is 0 Å². The van der Waals surface area contributed by atoms with Crippen LogP contribution in [0.15, 0.2) is 64.6 Å². The van der Waals surface area contributed by atoms with E-state index in [1.165, 1.54) is 33.5 Å². The van der Waals surface area contributed by atoms with Gasteiger partial charge in [0.25, 0.3) is 0 Å². The molecule has 0 saturated heterocycles. The number of amides is 1. The molecule has 10 heteroatoms. The average Bonchev–Trinajstić information content (AvgIpc) is 3.53. The van der Waals surface area contributed by atoms with E-state index in [2.05, 4.69) is 46.7 Å². The van der Waals surface area contributed by atoms with Gasteiger partial charge in [-0.15, -0.1) is 33.3 Å². The summed E-state index contributed by atoms with van der Waals surface area (Å²) in [5, 5.41) is 13.1. The Bertz CT molecular complexity index is 1450. The average molecular weight is 579 g/mol. The molecule has 7 nitrogen and oxygen atoms in total. The molecular weight excluding hydrogens is 549 g/mol. The van der Waals surface area contributed by atoms with Crippen molar-refractivity contribution in [3.05, 3.63) is 82.0 Å². The van der Waals surface area contributed by atoms with Gasteiger partial charge in [-0.05, 0) is 69.4 Å². The summed E-state index contributed by atoms with van der Waals surface area (Å²) in [7, 11) is 0. The van der Waals surface area contributed by atoms with Crippen LogP contribution in [0.5, 0.6) is 0 Å². The number of para-hydroxylation sites is 1. The Morgan fingerprint density at radius 2 is 1.79 bits per heavy atom. The topological polar surface area (TPSA) is 86.1 Å². The molecule has 0 unspecified atom stereocenters. The number of carbonyl (C=O) groups is 2. The molecular formula is C29H30N4O3S3. The first-order valence-electron chi connectivity index (χ1n) is 13.0. The van der Waals surface area contributed by atoms with Crippen molar-refractivity contribution in [3.8, 4) is 5.69 Å². The number of aromatic nitrogens is 3. The Kier molecular flexibility index (Phi) is 9.06. The van der Waals surface area contributed by atoms with Gasteiger partial charge in [-0.1, -0.05) is 47.7 Å². The van der Waals surface area contributed by atoms with Gasteiger partial charge in [0.15, 0.2) is 5.16 Å². The lowest BCUT2D eigenvalue weighted by atomic mass is 9.95. The lowest BCUT2D eigenvalue weighted by molar-refractivity contribution is -0.113. The molecule has 4 aromatic rings. The van der Waals surface area contributed by atoms with Crippen molar-refractivity contribution in [3.63, 3.8) is 0 Å². The van der Waals surface area contributed by atoms with E-state index in [1.54, 1.807) is 18.7 Å². The Morgan fingerprint density at radius 1 is 1.03 bits per heavy atom. The van der Waals surface area contributed by atoms with E-state index in [4.69, 9.17) is 4.74 Å². The summed E-state index contributed by atoms with van der Waals surface area (Å²) < 4.78 is 7.33. The molecule has 0 aliphatic heterocycles. The zero-order valence-electron chi connectivity index (χ0n) is 21.9. The second kappa shape index (κ2) is 12.8. The molecule has 202 valence electrons. The number of aryl methyl sites for hydroxylation is 2. The van der Waals surface area contributed by atoms with E-state index in [1.807, 2.05) is 34.9 Å². The van der Waals surface area contributed by atoms with Crippen LogP contribution in [0.4, 0.5) is 5.00 Å². The minimum atomic E-state index is -0.362. The van der Waals surface area contributed by atoms with Crippen LogP contribution in [0.1, 0.15) is 52.0 Å². The Hall–Kier alpha value is -3.08. The molecule has 2 aromatic carbocycles. The van der Waals surface area contributed by atoms with Crippen molar-refractivity contribution in [2.45, 2.75) is 55.3 Å². The van der Waals surface area contributed by atoms with Crippen molar-refractivity contribution in [2.24, 2.45) is 0 Å². The number of ether oxygens (including phenoxy) is 1. The number of benzene rings is 2. The number of hydrogen-bond donors (Lipinski definition) is 1. The highest BCUT2D eigenvalue weighted by atomic mass is 32.2. The Morgan fingerprint density at radius 3 is 2.56 bits per heavy atom. The lowest BCUT2D eigenvalue weighted by Gasteiger charge is -2.12. The predicted octanol–water partition coefficient (Wildman–Crippen LogP) is 6.72. The highest BCUT2D eigenvalue weighted by Gasteiger charge is 2.27. The molecule has 2 aromatic heterocycles. The summed E-state index contributed by atoms with van der Waals surface area (Å²) in [5.41, 5.74) is 3.73. The number of anilines is 1. The molecule has 1 N–H and O–H groups in total. The van der Waals surface area contributed by atoms with Gasteiger partial charge in [0.2, 0.25) is 5.91 Å². The number of nitrogens with zero attached hydrogens (tertiary/aromatic N) is 3. The normalized spacial score (nSPS) is 12.7. The minimum absolute atomic E-state index is 0.140. The van der Waals surface area contributed by atoms with Crippen LogP contribution in [0.3, 0.4) is 0 Å². The van der Waals surface area contributed by atoms with E-state index in [0.29, 0.717) is 28.1 Å². The van der Waals surface area contributed by atoms with Crippen LogP contribution < -0.4 is 5.32 Å². The fourth-order valence-electron chi connectivity index (χ4n) is 4.47. The molecule has 2 heterocycles. The maximum absolute atomic E-state index is 13.1. The lowest BCUT2D eigenvalue weighted by Crippen LogP contribution is -2.17. The fourth-order valence-corrected chi connectivity index (χ4v) is 7.35. The SMILES string of the molecule is CCOC(=O)c1c(NC(=O)CSc2nnc(CSc3ccc(C)cc3)n2-c2ccccc2)sc2c1CCCC2. The third kappa shape index (κ3) is 6.57. The molecule has 1 aliphatic rings. The third-order valence-electron chi connectivity index (χ3n) is 6.34. The molecule has 0 spiro atoms. The van der Waals surface area contributed by atoms with Crippen molar-refractivity contribution in [1.82, 2.24) is 14.8 Å². The number of thioether (sulfide) groups is 2. The first-order valence-corrected chi connectivity index (χ1v) is 15.8. The van der Waals surface area contributed by atoms with Crippen LogP contribution >= 0.6 is 34.9 Å². The molecule has 0 saturated carbocycles. The summed E-state index contributed by atoms with van der Waals surface area (Å²) >= 11 is 4.52. The summed E-state index contributed by atoms with van der Waals surface area (Å²) in [4.78, 5) is 28.2. The molecule has 5 rings (SSSR count). The van der Waals surface area contributed by atoms with Crippen molar-refractivity contribution in [2.75, 3.05) is 17.7 Å². The monoisotopic (exact) mass is 578 g/mol. The van der Waals surface area contributed by atoms with Gasteiger partial charge in [-0.3, -0.25) is 9.36 Å². The Labute approximate surface area is 240 Å². The van der Waals surface area contributed by atoms with Crippen LogP contribution in [-0.2, 0) is 28.1 Å². The molecule has 0 fully saturated rings. The van der Waals surface area contributed by atoms with Gasteiger partial charge in [0, 0.05) is 15.5 Å². The van der Waals surface area contributed by atoms with Crippen LogP contribution in [0.2, 0.25) is 0 Å². The largest absolute Gasteiger partial charge is 0.462 e. The minimum Gasteiger partial charge on any atom is -0.462 e. The number of rotatable bonds is 10. The molecule has 1 aliphatic carbocycles. The molecule has 0 bridgehead atoms. The quantitative estimate of drug-likeness (QED) is 0.165. The van der Waals surface area contributed by atoms with Gasteiger partial charge < -0.3 is 10.1 Å². The van der Waals surface area contributed by atoms with Gasteiger partial charge in [-0.2, -0.15) is 0 Å². The van der Waals surface area contributed by atoms with Gasteiger partial charge in [0.1, 0.15) is 10.8 Å². The standard InChI is InChI=1S/C29H30N4O3S3/c1-3-36-28(35)26-22-11-7-8-12-23(22)39-27(26)30-25(34)18-38-29-32-31-24(33(29)20-9-5-4-6-10-20)17-37-21-15-13-19(2)14-16-21/h4-6,9-10,13-16H,3,7-8,11-12,17-18H2,1-2H3,(H,30,34). The third-order valence-corrected chi connectivity index (χ3v) is 9.48. The van der Waals surface area contributed by atoms with E-state index in [-0.39, 0.29) is 17.6 Å². The molecule has 0 atom stereocenters. The number of nitrogens with one attached hydrogen (secondary N) is 1. The summed E-state index contributed by atoms with van der Waals surface area (Å²) in [6, 6.07) is 18.3. The number of thiophene rings is 1.